The number of likely N-dealkylation sites (N-methyl/N-ethyl adjacent to an activating group) is 1. The molecule has 1 aliphatic rings. The zero-order valence-electron chi connectivity index (χ0n) is 12.3. The lowest BCUT2D eigenvalue weighted by Crippen LogP contribution is -2.37. The monoisotopic (exact) mass is 262 g/mol. The lowest BCUT2D eigenvalue weighted by Gasteiger charge is -2.30. The smallest absolute Gasteiger partial charge is 0.0787 e. The van der Waals surface area contributed by atoms with Gasteiger partial charge in [0.1, 0.15) is 0 Å². The van der Waals surface area contributed by atoms with Gasteiger partial charge in [-0.3, -0.25) is 0 Å². The Morgan fingerprint density at radius 2 is 1.95 bits per heavy atom. The maximum absolute atomic E-state index is 9.84. The molecule has 19 heavy (non-hydrogen) atoms. The van der Waals surface area contributed by atoms with Crippen LogP contribution in [0.5, 0.6) is 0 Å². The van der Waals surface area contributed by atoms with Crippen LogP contribution in [0, 0.1) is 0 Å². The van der Waals surface area contributed by atoms with Crippen LogP contribution in [0.4, 0.5) is 5.69 Å². The van der Waals surface area contributed by atoms with E-state index in [1.54, 1.807) is 0 Å². The fraction of sp³-hybridized carbons (Fsp3) is 0.625. The lowest BCUT2D eigenvalue weighted by atomic mass is 10.1. The van der Waals surface area contributed by atoms with Crippen molar-refractivity contribution < 1.29 is 5.11 Å². The Kier molecular flexibility index (Phi) is 4.83. The molecule has 1 heterocycles. The Hall–Kier alpha value is -1.06. The van der Waals surface area contributed by atoms with Gasteiger partial charge in [-0.2, -0.15) is 0 Å². The highest BCUT2D eigenvalue weighted by atomic mass is 16.3. The summed E-state index contributed by atoms with van der Waals surface area (Å²) in [5.41, 5.74) is 2.29. The first-order chi connectivity index (χ1) is 9.11. The Labute approximate surface area is 116 Å². The molecule has 3 nitrogen and oxygen atoms in total. The topological polar surface area (TPSA) is 26.7 Å². The summed E-state index contributed by atoms with van der Waals surface area (Å²) in [6.07, 6.45) is 1.64. The van der Waals surface area contributed by atoms with Crippen molar-refractivity contribution in [2.75, 3.05) is 31.6 Å². The normalized spacial score (nSPS) is 23.2. The molecular formula is C16H26N2O. The third kappa shape index (κ3) is 3.48. The molecule has 0 saturated carbocycles. The van der Waals surface area contributed by atoms with Gasteiger partial charge in [0.15, 0.2) is 0 Å². The number of hydrogen-bond acceptors (Lipinski definition) is 3. The van der Waals surface area contributed by atoms with Crippen molar-refractivity contribution in [1.82, 2.24) is 4.90 Å². The van der Waals surface area contributed by atoms with Crippen LogP contribution in [-0.4, -0.2) is 42.7 Å². The molecule has 0 radical (unpaired) electrons. The second-order valence-electron chi connectivity index (χ2n) is 5.67. The van der Waals surface area contributed by atoms with Crippen LogP contribution in [0.15, 0.2) is 24.3 Å². The summed E-state index contributed by atoms with van der Waals surface area (Å²) in [4.78, 5) is 4.88. The van der Waals surface area contributed by atoms with E-state index < -0.39 is 0 Å². The number of anilines is 1. The molecule has 0 aromatic heterocycles. The molecule has 0 bridgehead atoms. The van der Waals surface area contributed by atoms with Crippen LogP contribution < -0.4 is 4.90 Å². The Bertz CT molecular complexity index is 390. The average Bonchev–Trinajstić information content (AvgIpc) is 2.58. The molecule has 1 saturated heterocycles. The van der Waals surface area contributed by atoms with Crippen LogP contribution >= 0.6 is 0 Å². The molecule has 1 unspecified atom stereocenters. The summed E-state index contributed by atoms with van der Waals surface area (Å²) < 4.78 is 0. The standard InChI is InChI=1S/C16H26N2O/c1-4-16(19)14-6-8-15(9-7-14)18-11-5-10-17(3)12-13(18)2/h6-9,13,16,19H,4-5,10-12H2,1-3H3/t13?,16-/m1/s1. The third-order valence-electron chi connectivity index (χ3n) is 4.04. The van der Waals surface area contributed by atoms with E-state index in [1.165, 1.54) is 18.7 Å². The van der Waals surface area contributed by atoms with Crippen molar-refractivity contribution in [3.05, 3.63) is 29.8 Å². The maximum atomic E-state index is 9.84. The lowest BCUT2D eigenvalue weighted by molar-refractivity contribution is 0.173. The molecule has 0 amide bonds. The highest BCUT2D eigenvalue weighted by Crippen LogP contribution is 2.23. The molecule has 1 aromatic carbocycles. The SMILES string of the molecule is CC[C@@H](O)c1ccc(N2CCCN(C)CC2C)cc1. The second kappa shape index (κ2) is 6.40. The Balaban J connectivity index is 2.12. The molecule has 1 fully saturated rings. The van der Waals surface area contributed by atoms with Gasteiger partial charge in [0.2, 0.25) is 0 Å². The van der Waals surface area contributed by atoms with Crippen LogP contribution in [0.25, 0.3) is 0 Å². The molecule has 2 atom stereocenters. The van der Waals surface area contributed by atoms with Gasteiger partial charge >= 0.3 is 0 Å². The molecule has 0 aliphatic carbocycles. The third-order valence-corrected chi connectivity index (χ3v) is 4.04. The van der Waals surface area contributed by atoms with Gasteiger partial charge in [0.05, 0.1) is 6.10 Å². The van der Waals surface area contributed by atoms with Gasteiger partial charge in [-0.05, 0) is 51.1 Å². The summed E-state index contributed by atoms with van der Waals surface area (Å²) >= 11 is 0. The van der Waals surface area contributed by atoms with Gasteiger partial charge in [-0.25, -0.2) is 0 Å². The van der Waals surface area contributed by atoms with Crippen molar-refractivity contribution in [2.45, 2.75) is 38.8 Å². The molecule has 1 aromatic rings. The Morgan fingerprint density at radius 3 is 2.58 bits per heavy atom. The molecule has 1 aliphatic heterocycles. The van der Waals surface area contributed by atoms with Crippen molar-refractivity contribution in [2.24, 2.45) is 0 Å². The summed E-state index contributed by atoms with van der Waals surface area (Å²) in [6, 6.07) is 8.95. The predicted molar refractivity (Wildman–Crippen MR) is 80.6 cm³/mol. The van der Waals surface area contributed by atoms with Crippen molar-refractivity contribution in [1.29, 1.82) is 0 Å². The van der Waals surface area contributed by atoms with E-state index in [4.69, 9.17) is 0 Å². The van der Waals surface area contributed by atoms with Gasteiger partial charge in [0.25, 0.3) is 0 Å². The molecular weight excluding hydrogens is 236 g/mol. The van der Waals surface area contributed by atoms with E-state index in [2.05, 4.69) is 48.0 Å². The van der Waals surface area contributed by atoms with E-state index in [-0.39, 0.29) is 6.10 Å². The van der Waals surface area contributed by atoms with Gasteiger partial charge in [-0.15, -0.1) is 0 Å². The number of aliphatic hydroxyl groups excluding tert-OH is 1. The van der Waals surface area contributed by atoms with E-state index in [9.17, 15) is 5.11 Å². The van der Waals surface area contributed by atoms with Crippen LogP contribution in [0.2, 0.25) is 0 Å². The minimum atomic E-state index is -0.332. The number of hydrogen-bond donors (Lipinski definition) is 1. The average molecular weight is 262 g/mol. The Morgan fingerprint density at radius 1 is 1.26 bits per heavy atom. The summed E-state index contributed by atoms with van der Waals surface area (Å²) in [5, 5.41) is 9.84. The van der Waals surface area contributed by atoms with E-state index in [1.807, 2.05) is 6.92 Å². The summed E-state index contributed by atoms with van der Waals surface area (Å²) in [6.45, 7) is 7.69. The number of rotatable bonds is 3. The first-order valence-corrected chi connectivity index (χ1v) is 7.35. The fourth-order valence-corrected chi connectivity index (χ4v) is 2.88. The van der Waals surface area contributed by atoms with E-state index >= 15 is 0 Å². The highest BCUT2D eigenvalue weighted by Gasteiger charge is 2.19. The number of benzene rings is 1. The van der Waals surface area contributed by atoms with Crippen LogP contribution in [0.3, 0.4) is 0 Å². The van der Waals surface area contributed by atoms with Gasteiger partial charge in [-0.1, -0.05) is 19.1 Å². The van der Waals surface area contributed by atoms with Crippen LogP contribution in [0.1, 0.15) is 38.4 Å². The predicted octanol–water partition coefficient (Wildman–Crippen LogP) is 2.66. The fourth-order valence-electron chi connectivity index (χ4n) is 2.88. The maximum Gasteiger partial charge on any atom is 0.0787 e. The second-order valence-corrected chi connectivity index (χ2v) is 5.67. The molecule has 1 N–H and O–H groups in total. The summed E-state index contributed by atoms with van der Waals surface area (Å²) in [5.74, 6) is 0. The van der Waals surface area contributed by atoms with Gasteiger partial charge in [0, 0.05) is 24.8 Å². The van der Waals surface area contributed by atoms with Crippen LogP contribution in [-0.2, 0) is 0 Å². The minimum absolute atomic E-state index is 0.332. The minimum Gasteiger partial charge on any atom is -0.388 e. The quantitative estimate of drug-likeness (QED) is 0.907. The zero-order chi connectivity index (χ0) is 13.8. The first-order valence-electron chi connectivity index (χ1n) is 7.35. The molecule has 106 valence electrons. The highest BCUT2D eigenvalue weighted by molar-refractivity contribution is 5.49. The number of nitrogens with zero attached hydrogens (tertiary/aromatic N) is 2. The van der Waals surface area contributed by atoms with Crippen molar-refractivity contribution >= 4 is 5.69 Å². The molecule has 2 rings (SSSR count). The zero-order valence-corrected chi connectivity index (χ0v) is 12.3. The molecule has 0 spiro atoms. The van der Waals surface area contributed by atoms with E-state index in [0.717, 1.165) is 25.1 Å². The van der Waals surface area contributed by atoms with Crippen molar-refractivity contribution in [3.63, 3.8) is 0 Å². The molecule has 3 heteroatoms. The van der Waals surface area contributed by atoms with Gasteiger partial charge < -0.3 is 14.9 Å². The largest absolute Gasteiger partial charge is 0.388 e. The number of aliphatic hydroxyl groups is 1. The summed E-state index contributed by atoms with van der Waals surface area (Å²) in [7, 11) is 2.20. The van der Waals surface area contributed by atoms with Crippen molar-refractivity contribution in [3.8, 4) is 0 Å². The first kappa shape index (κ1) is 14.4. The van der Waals surface area contributed by atoms with E-state index in [0.29, 0.717) is 6.04 Å².